The Morgan fingerprint density at radius 3 is 2.33 bits per heavy atom. The molecule has 0 spiro atoms. The van der Waals surface area contributed by atoms with E-state index < -0.39 is 0 Å². The van der Waals surface area contributed by atoms with Gasteiger partial charge in [0.15, 0.2) is 0 Å². The summed E-state index contributed by atoms with van der Waals surface area (Å²) in [5.74, 6) is 0. The predicted octanol–water partition coefficient (Wildman–Crippen LogP) is 4.95. The van der Waals surface area contributed by atoms with Crippen molar-refractivity contribution in [3.05, 3.63) is 28.2 Å². The lowest BCUT2D eigenvalue weighted by Crippen LogP contribution is -2.35. The average Bonchev–Trinajstić information content (AvgIpc) is 2.13. The monoisotopic (exact) mass is 308 g/mol. The fraction of sp³-hybridized carbons (Fsp3) is 0.533. The Bertz CT molecular complexity index is 464. The summed E-state index contributed by atoms with van der Waals surface area (Å²) in [6.07, 6.45) is 1.03. The molecule has 2 nitrogen and oxygen atoms in total. The molecule has 0 unspecified atom stereocenters. The van der Waals surface area contributed by atoms with Crippen LogP contribution in [0, 0.1) is 16.7 Å². The van der Waals surface area contributed by atoms with E-state index in [1.165, 1.54) is 0 Å². The van der Waals surface area contributed by atoms with E-state index in [0.29, 0.717) is 5.56 Å². The molecule has 0 amide bonds. The van der Waals surface area contributed by atoms with Gasteiger partial charge in [0, 0.05) is 10.0 Å². The summed E-state index contributed by atoms with van der Waals surface area (Å²) in [6.45, 7) is 11.0. The first kappa shape index (κ1) is 15.0. The Balaban J connectivity index is 2.98. The topological polar surface area (TPSA) is 35.8 Å². The van der Waals surface area contributed by atoms with Crippen LogP contribution in [-0.4, -0.2) is 5.54 Å². The Morgan fingerprint density at radius 2 is 1.83 bits per heavy atom. The molecule has 0 saturated heterocycles. The second-order valence-electron chi connectivity index (χ2n) is 6.52. The maximum absolute atomic E-state index is 9.21. The van der Waals surface area contributed by atoms with Gasteiger partial charge in [-0.25, -0.2) is 0 Å². The van der Waals surface area contributed by atoms with Gasteiger partial charge in [-0.1, -0.05) is 26.8 Å². The van der Waals surface area contributed by atoms with E-state index in [-0.39, 0.29) is 11.0 Å². The van der Waals surface area contributed by atoms with Crippen molar-refractivity contribution in [2.75, 3.05) is 5.32 Å². The number of halogens is 1. The molecule has 0 saturated carbocycles. The first-order valence-corrected chi connectivity index (χ1v) is 6.91. The minimum atomic E-state index is -0.0509. The standard InChI is InChI=1S/C15H21BrN2/c1-14(2,3)10-15(4,5)18-13-8-6-7-12(16)11(13)9-17/h6-8,18H,10H2,1-5H3. The Kier molecular flexibility index (Phi) is 4.45. The molecule has 0 aliphatic carbocycles. The predicted molar refractivity (Wildman–Crippen MR) is 80.6 cm³/mol. The van der Waals surface area contributed by atoms with Crippen molar-refractivity contribution < 1.29 is 0 Å². The van der Waals surface area contributed by atoms with Gasteiger partial charge in [-0.3, -0.25) is 0 Å². The van der Waals surface area contributed by atoms with Gasteiger partial charge in [-0.2, -0.15) is 5.26 Å². The molecule has 18 heavy (non-hydrogen) atoms. The second-order valence-corrected chi connectivity index (χ2v) is 7.37. The third-order valence-corrected chi connectivity index (χ3v) is 3.23. The van der Waals surface area contributed by atoms with Crippen LogP contribution < -0.4 is 5.32 Å². The highest BCUT2D eigenvalue weighted by Crippen LogP contribution is 2.32. The number of rotatable bonds is 3. The van der Waals surface area contributed by atoms with Crippen molar-refractivity contribution in [1.29, 1.82) is 5.26 Å². The average molecular weight is 309 g/mol. The van der Waals surface area contributed by atoms with Crippen molar-refractivity contribution in [3.8, 4) is 6.07 Å². The minimum absolute atomic E-state index is 0.0509. The Labute approximate surface area is 119 Å². The minimum Gasteiger partial charge on any atom is -0.379 e. The number of nitriles is 1. The van der Waals surface area contributed by atoms with Gasteiger partial charge in [-0.05, 0) is 53.7 Å². The van der Waals surface area contributed by atoms with Crippen molar-refractivity contribution in [1.82, 2.24) is 0 Å². The van der Waals surface area contributed by atoms with Crippen LogP contribution in [0.15, 0.2) is 22.7 Å². The molecule has 0 fully saturated rings. The zero-order valence-electron chi connectivity index (χ0n) is 11.8. The first-order chi connectivity index (χ1) is 8.14. The zero-order chi connectivity index (χ0) is 14.0. The van der Waals surface area contributed by atoms with Gasteiger partial charge in [0.2, 0.25) is 0 Å². The first-order valence-electron chi connectivity index (χ1n) is 6.11. The molecule has 1 aromatic carbocycles. The van der Waals surface area contributed by atoms with E-state index >= 15 is 0 Å². The third kappa shape index (κ3) is 4.34. The summed E-state index contributed by atoms with van der Waals surface area (Å²) in [5, 5.41) is 12.7. The molecule has 1 N–H and O–H groups in total. The maximum atomic E-state index is 9.21. The van der Waals surface area contributed by atoms with Gasteiger partial charge >= 0.3 is 0 Å². The molecule has 3 heteroatoms. The fourth-order valence-electron chi connectivity index (χ4n) is 2.48. The number of nitrogens with one attached hydrogen (secondary N) is 1. The molecule has 0 radical (unpaired) electrons. The lowest BCUT2D eigenvalue weighted by molar-refractivity contribution is 0.302. The van der Waals surface area contributed by atoms with Crippen molar-refractivity contribution in [2.24, 2.45) is 5.41 Å². The fourth-order valence-corrected chi connectivity index (χ4v) is 2.93. The normalized spacial score (nSPS) is 12.1. The van der Waals surface area contributed by atoms with Crippen molar-refractivity contribution in [3.63, 3.8) is 0 Å². The molecule has 1 aromatic rings. The van der Waals surface area contributed by atoms with Crippen molar-refractivity contribution >= 4 is 21.6 Å². The second kappa shape index (κ2) is 5.32. The van der Waals surface area contributed by atoms with Crippen LogP contribution in [0.25, 0.3) is 0 Å². The lowest BCUT2D eigenvalue weighted by Gasteiger charge is -2.34. The number of anilines is 1. The SMILES string of the molecule is CC(C)(C)CC(C)(C)Nc1cccc(Br)c1C#N. The molecule has 0 heterocycles. The van der Waals surface area contributed by atoms with E-state index in [4.69, 9.17) is 0 Å². The van der Waals surface area contributed by atoms with Crippen LogP contribution in [0.2, 0.25) is 0 Å². The molecule has 0 bridgehead atoms. The van der Waals surface area contributed by atoms with E-state index in [1.807, 2.05) is 18.2 Å². The Hall–Kier alpha value is -1.01. The van der Waals surface area contributed by atoms with E-state index in [0.717, 1.165) is 16.6 Å². The maximum Gasteiger partial charge on any atom is 0.103 e. The van der Waals surface area contributed by atoms with Crippen LogP contribution in [0.3, 0.4) is 0 Å². The quantitative estimate of drug-likeness (QED) is 0.857. The van der Waals surface area contributed by atoms with Gasteiger partial charge in [0.25, 0.3) is 0 Å². The largest absolute Gasteiger partial charge is 0.379 e. The smallest absolute Gasteiger partial charge is 0.103 e. The summed E-state index contributed by atoms with van der Waals surface area (Å²) < 4.78 is 0.835. The molecular weight excluding hydrogens is 288 g/mol. The molecule has 0 aromatic heterocycles. The Morgan fingerprint density at radius 1 is 1.22 bits per heavy atom. The highest BCUT2D eigenvalue weighted by atomic mass is 79.9. The number of hydrogen-bond acceptors (Lipinski definition) is 2. The van der Waals surface area contributed by atoms with Crippen LogP contribution in [-0.2, 0) is 0 Å². The highest BCUT2D eigenvalue weighted by molar-refractivity contribution is 9.10. The summed E-state index contributed by atoms with van der Waals surface area (Å²) >= 11 is 3.41. The molecular formula is C15H21BrN2. The van der Waals surface area contributed by atoms with Crippen LogP contribution in [0.1, 0.15) is 46.6 Å². The van der Waals surface area contributed by atoms with E-state index in [2.05, 4.69) is 61.9 Å². The third-order valence-electron chi connectivity index (χ3n) is 2.57. The molecule has 1 rings (SSSR count). The molecule has 0 atom stereocenters. The highest BCUT2D eigenvalue weighted by Gasteiger charge is 2.26. The summed E-state index contributed by atoms with van der Waals surface area (Å²) in [6, 6.07) is 8.03. The zero-order valence-corrected chi connectivity index (χ0v) is 13.4. The molecule has 0 aliphatic rings. The number of nitrogens with zero attached hydrogens (tertiary/aromatic N) is 1. The van der Waals surface area contributed by atoms with Crippen LogP contribution in [0.4, 0.5) is 5.69 Å². The number of benzene rings is 1. The molecule has 98 valence electrons. The summed E-state index contributed by atoms with van der Waals surface area (Å²) in [4.78, 5) is 0. The summed E-state index contributed by atoms with van der Waals surface area (Å²) in [7, 11) is 0. The van der Waals surface area contributed by atoms with Gasteiger partial charge in [0.05, 0.1) is 11.3 Å². The van der Waals surface area contributed by atoms with Crippen LogP contribution >= 0.6 is 15.9 Å². The summed E-state index contributed by atoms with van der Waals surface area (Å²) in [5.41, 5.74) is 1.75. The number of hydrogen-bond donors (Lipinski definition) is 1. The van der Waals surface area contributed by atoms with E-state index in [1.54, 1.807) is 0 Å². The van der Waals surface area contributed by atoms with Gasteiger partial charge in [-0.15, -0.1) is 0 Å². The molecule has 0 aliphatic heterocycles. The lowest BCUT2D eigenvalue weighted by atomic mass is 9.81. The van der Waals surface area contributed by atoms with Crippen molar-refractivity contribution in [2.45, 2.75) is 46.6 Å². The van der Waals surface area contributed by atoms with Gasteiger partial charge < -0.3 is 5.32 Å². The van der Waals surface area contributed by atoms with Gasteiger partial charge in [0.1, 0.15) is 6.07 Å². The van der Waals surface area contributed by atoms with E-state index in [9.17, 15) is 5.26 Å². The van der Waals surface area contributed by atoms with Crippen LogP contribution in [0.5, 0.6) is 0 Å².